The first-order valence-corrected chi connectivity index (χ1v) is 9.18. The van der Waals surface area contributed by atoms with Gasteiger partial charge in [0.25, 0.3) is 0 Å². The third-order valence-electron chi connectivity index (χ3n) is 3.73. The van der Waals surface area contributed by atoms with E-state index >= 15 is 0 Å². The number of aromatic nitrogens is 1. The van der Waals surface area contributed by atoms with E-state index in [9.17, 15) is 0 Å². The summed E-state index contributed by atoms with van der Waals surface area (Å²) in [5, 5.41) is 15.9. The lowest BCUT2D eigenvalue weighted by Gasteiger charge is -2.10. The number of hydrogen-bond acceptors (Lipinski definition) is 6. The number of rotatable bonds is 8. The SMILES string of the molecule is Cc1ccc2cccc(OCCOCCOc3ccccc3)c2n1.O=C(O)C(=O)O. The molecular formula is C22H23NO7. The molecule has 0 unspecified atom stereocenters. The highest BCUT2D eigenvalue weighted by molar-refractivity contribution is 6.27. The van der Waals surface area contributed by atoms with Gasteiger partial charge in [0.15, 0.2) is 0 Å². The third-order valence-corrected chi connectivity index (χ3v) is 3.73. The van der Waals surface area contributed by atoms with E-state index in [4.69, 9.17) is 34.0 Å². The molecule has 1 aromatic heterocycles. The molecular weight excluding hydrogens is 390 g/mol. The summed E-state index contributed by atoms with van der Waals surface area (Å²) in [6.07, 6.45) is 0. The fourth-order valence-electron chi connectivity index (χ4n) is 2.38. The number of hydrogen-bond donors (Lipinski definition) is 2. The number of ether oxygens (including phenoxy) is 3. The topological polar surface area (TPSA) is 115 Å². The summed E-state index contributed by atoms with van der Waals surface area (Å²) in [5.41, 5.74) is 1.87. The number of nitrogens with zero attached hydrogens (tertiary/aromatic N) is 1. The molecule has 0 spiro atoms. The van der Waals surface area contributed by atoms with Gasteiger partial charge in [-0.2, -0.15) is 0 Å². The van der Waals surface area contributed by atoms with Crippen LogP contribution in [0.1, 0.15) is 5.69 Å². The number of carboxylic acid groups (broad SMARTS) is 2. The maximum atomic E-state index is 9.10. The molecule has 8 nitrogen and oxygen atoms in total. The second kappa shape index (κ2) is 12.0. The van der Waals surface area contributed by atoms with Gasteiger partial charge in [-0.1, -0.05) is 36.4 Å². The molecule has 0 saturated heterocycles. The molecule has 0 bridgehead atoms. The molecule has 0 amide bonds. The lowest BCUT2D eigenvalue weighted by atomic mass is 10.2. The molecule has 8 heteroatoms. The molecule has 0 aliphatic carbocycles. The molecule has 0 aliphatic heterocycles. The predicted molar refractivity (Wildman–Crippen MR) is 110 cm³/mol. The highest BCUT2D eigenvalue weighted by Gasteiger charge is 2.04. The fraction of sp³-hybridized carbons (Fsp3) is 0.227. The van der Waals surface area contributed by atoms with Gasteiger partial charge in [-0.15, -0.1) is 0 Å². The summed E-state index contributed by atoms with van der Waals surface area (Å²) in [4.78, 5) is 22.8. The van der Waals surface area contributed by atoms with Crippen LogP contribution in [0.2, 0.25) is 0 Å². The number of fused-ring (bicyclic) bond motifs is 1. The van der Waals surface area contributed by atoms with Gasteiger partial charge in [-0.25, -0.2) is 14.6 Å². The van der Waals surface area contributed by atoms with Crippen LogP contribution in [0.4, 0.5) is 0 Å². The zero-order valence-corrected chi connectivity index (χ0v) is 16.5. The predicted octanol–water partition coefficient (Wildman–Crippen LogP) is 3.17. The molecule has 0 aliphatic rings. The van der Waals surface area contributed by atoms with E-state index < -0.39 is 11.9 Å². The van der Waals surface area contributed by atoms with E-state index in [0.29, 0.717) is 26.4 Å². The van der Waals surface area contributed by atoms with Gasteiger partial charge in [-0.05, 0) is 31.2 Å². The Morgan fingerprint density at radius 1 is 0.800 bits per heavy atom. The van der Waals surface area contributed by atoms with Crippen LogP contribution >= 0.6 is 0 Å². The average molecular weight is 413 g/mol. The van der Waals surface area contributed by atoms with Crippen molar-refractivity contribution >= 4 is 22.8 Å². The van der Waals surface area contributed by atoms with Crippen LogP contribution in [-0.2, 0) is 14.3 Å². The van der Waals surface area contributed by atoms with Crippen LogP contribution in [0.25, 0.3) is 10.9 Å². The van der Waals surface area contributed by atoms with Crippen LogP contribution in [0.3, 0.4) is 0 Å². The van der Waals surface area contributed by atoms with E-state index in [1.54, 1.807) is 0 Å². The van der Waals surface area contributed by atoms with Crippen LogP contribution in [-0.4, -0.2) is 53.6 Å². The summed E-state index contributed by atoms with van der Waals surface area (Å²) in [7, 11) is 0. The van der Waals surface area contributed by atoms with Crippen LogP contribution in [0.15, 0.2) is 60.7 Å². The van der Waals surface area contributed by atoms with Crippen molar-refractivity contribution < 1.29 is 34.0 Å². The second-order valence-electron chi connectivity index (χ2n) is 6.01. The highest BCUT2D eigenvalue weighted by Crippen LogP contribution is 2.23. The smallest absolute Gasteiger partial charge is 0.414 e. The number of carbonyl (C=O) groups is 2. The van der Waals surface area contributed by atoms with Crippen LogP contribution < -0.4 is 9.47 Å². The Kier molecular flexibility index (Phi) is 9.08. The number of benzene rings is 2. The quantitative estimate of drug-likeness (QED) is 0.427. The summed E-state index contributed by atoms with van der Waals surface area (Å²) < 4.78 is 16.9. The molecule has 2 N–H and O–H groups in total. The van der Waals surface area contributed by atoms with Crippen LogP contribution in [0, 0.1) is 6.92 Å². The average Bonchev–Trinajstić information content (AvgIpc) is 2.74. The van der Waals surface area contributed by atoms with E-state index in [1.807, 2.05) is 61.5 Å². The van der Waals surface area contributed by atoms with Crippen molar-refractivity contribution in [2.45, 2.75) is 6.92 Å². The number of aliphatic carboxylic acids is 2. The molecule has 0 radical (unpaired) electrons. The van der Waals surface area contributed by atoms with Crippen molar-refractivity contribution in [3.05, 3.63) is 66.4 Å². The lowest BCUT2D eigenvalue weighted by molar-refractivity contribution is -0.159. The molecule has 3 aromatic rings. The van der Waals surface area contributed by atoms with E-state index in [-0.39, 0.29) is 0 Å². The number of aryl methyl sites for hydroxylation is 1. The van der Waals surface area contributed by atoms with Gasteiger partial charge in [0.05, 0.1) is 13.2 Å². The van der Waals surface area contributed by atoms with Crippen molar-refractivity contribution in [2.75, 3.05) is 26.4 Å². The maximum absolute atomic E-state index is 9.10. The Balaban J connectivity index is 0.000000469. The number of pyridine rings is 1. The Labute approximate surface area is 173 Å². The molecule has 3 rings (SSSR count). The normalized spacial score (nSPS) is 10.0. The first kappa shape index (κ1) is 22.6. The number of para-hydroxylation sites is 2. The molecule has 30 heavy (non-hydrogen) atoms. The summed E-state index contributed by atoms with van der Waals surface area (Å²) in [6.45, 7) is 4.04. The lowest BCUT2D eigenvalue weighted by Crippen LogP contribution is -2.12. The minimum Gasteiger partial charge on any atom is -0.491 e. The van der Waals surface area contributed by atoms with E-state index in [2.05, 4.69) is 11.1 Å². The molecule has 0 fully saturated rings. The molecule has 0 saturated carbocycles. The standard InChI is InChI=1S/C20H21NO3.C2H2O4/c1-16-10-11-17-6-5-9-19(20(17)21-16)24-15-13-22-12-14-23-18-7-3-2-4-8-18;3-1(4)2(5)6/h2-11H,12-15H2,1H3;(H,3,4)(H,5,6). The van der Waals surface area contributed by atoms with Gasteiger partial charge < -0.3 is 24.4 Å². The summed E-state index contributed by atoms with van der Waals surface area (Å²) in [6, 6.07) is 19.7. The fourth-order valence-corrected chi connectivity index (χ4v) is 2.38. The van der Waals surface area contributed by atoms with E-state index in [1.165, 1.54) is 0 Å². The maximum Gasteiger partial charge on any atom is 0.414 e. The molecule has 0 atom stereocenters. The minimum absolute atomic E-state index is 0.486. The van der Waals surface area contributed by atoms with E-state index in [0.717, 1.165) is 28.1 Å². The molecule has 158 valence electrons. The monoisotopic (exact) mass is 413 g/mol. The zero-order chi connectivity index (χ0) is 21.8. The van der Waals surface area contributed by atoms with Gasteiger partial charge >= 0.3 is 11.9 Å². The van der Waals surface area contributed by atoms with Crippen molar-refractivity contribution in [2.24, 2.45) is 0 Å². The largest absolute Gasteiger partial charge is 0.491 e. The van der Waals surface area contributed by atoms with Gasteiger partial charge in [0.1, 0.15) is 30.2 Å². The zero-order valence-electron chi connectivity index (χ0n) is 16.5. The minimum atomic E-state index is -1.82. The third kappa shape index (κ3) is 7.76. The second-order valence-corrected chi connectivity index (χ2v) is 6.01. The Hall–Kier alpha value is -3.65. The highest BCUT2D eigenvalue weighted by atomic mass is 16.5. The van der Waals surface area contributed by atoms with Crippen molar-refractivity contribution in [1.82, 2.24) is 4.98 Å². The summed E-state index contributed by atoms with van der Waals surface area (Å²) in [5.74, 6) is -2.00. The van der Waals surface area contributed by atoms with Gasteiger partial charge in [0.2, 0.25) is 0 Å². The van der Waals surface area contributed by atoms with Crippen molar-refractivity contribution in [3.8, 4) is 11.5 Å². The summed E-state index contributed by atoms with van der Waals surface area (Å²) >= 11 is 0. The first-order valence-electron chi connectivity index (χ1n) is 9.18. The first-order chi connectivity index (χ1) is 14.5. The Bertz CT molecular complexity index is 948. The van der Waals surface area contributed by atoms with Gasteiger partial charge in [0, 0.05) is 11.1 Å². The van der Waals surface area contributed by atoms with Crippen LogP contribution in [0.5, 0.6) is 11.5 Å². The van der Waals surface area contributed by atoms with Gasteiger partial charge in [-0.3, -0.25) is 0 Å². The Morgan fingerprint density at radius 2 is 1.47 bits per heavy atom. The number of carboxylic acids is 2. The molecule has 2 aromatic carbocycles. The van der Waals surface area contributed by atoms with Crippen molar-refractivity contribution in [3.63, 3.8) is 0 Å². The van der Waals surface area contributed by atoms with Crippen molar-refractivity contribution in [1.29, 1.82) is 0 Å². The Morgan fingerprint density at radius 3 is 2.13 bits per heavy atom. The molecule has 1 heterocycles.